The summed E-state index contributed by atoms with van der Waals surface area (Å²) >= 11 is 0. The quantitative estimate of drug-likeness (QED) is 0.634. The number of benzene rings is 1. The molecule has 0 saturated heterocycles. The highest BCUT2D eigenvalue weighted by atomic mass is 16.6. The second-order valence-corrected chi connectivity index (χ2v) is 8.56. The van der Waals surface area contributed by atoms with E-state index in [0.717, 1.165) is 37.7 Å². The van der Waals surface area contributed by atoms with E-state index in [1.54, 1.807) is 12.1 Å². The van der Waals surface area contributed by atoms with Gasteiger partial charge >= 0.3 is 0 Å². The van der Waals surface area contributed by atoms with Crippen molar-refractivity contribution in [3.05, 3.63) is 39.9 Å². The number of nitro groups is 1. The Bertz CT molecular complexity index is 686. The zero-order valence-corrected chi connectivity index (χ0v) is 14.2. The number of non-ortho nitro benzene ring substituents is 1. The molecule has 4 aliphatic carbocycles. The number of rotatable bonds is 5. The third-order valence-corrected chi connectivity index (χ3v) is 6.32. The Balaban J connectivity index is 1.35. The van der Waals surface area contributed by atoms with E-state index in [-0.39, 0.29) is 17.0 Å². The van der Waals surface area contributed by atoms with Crippen LogP contribution in [0.2, 0.25) is 0 Å². The molecule has 5 rings (SSSR count). The third kappa shape index (κ3) is 3.27. The topological polar surface area (TPSA) is 92.5 Å². The van der Waals surface area contributed by atoms with Crippen molar-refractivity contribution in [3.63, 3.8) is 0 Å². The van der Waals surface area contributed by atoms with Gasteiger partial charge in [0.25, 0.3) is 5.69 Å². The van der Waals surface area contributed by atoms with E-state index < -0.39 is 10.5 Å². The van der Waals surface area contributed by atoms with Crippen molar-refractivity contribution in [3.8, 4) is 0 Å². The fourth-order valence-corrected chi connectivity index (χ4v) is 5.95. The van der Waals surface area contributed by atoms with Gasteiger partial charge in [-0.3, -0.25) is 14.9 Å². The highest BCUT2D eigenvalue weighted by Gasteiger charge is 2.57. The number of nitrogens with one attached hydrogen (secondary N) is 1. The maximum absolute atomic E-state index is 12.5. The summed E-state index contributed by atoms with van der Waals surface area (Å²) in [5.41, 5.74) is 0.334. The Morgan fingerprint density at radius 3 is 2.40 bits per heavy atom. The maximum Gasteiger partial charge on any atom is 0.269 e. The average Bonchev–Trinajstić information content (AvgIpc) is 2.50. The van der Waals surface area contributed by atoms with E-state index in [1.807, 2.05) is 0 Å². The molecule has 1 aromatic carbocycles. The SMILES string of the molecule is O=C(CC12CC3CC(CC(O)(C3)C1)C2)NCc1ccc([N+](=O)[O-])cc1. The first kappa shape index (κ1) is 16.5. The standard InChI is InChI=1S/C19H24N2O4/c22-17(20-11-13-1-3-16(4-2-13)21(24)25)10-18-6-14-5-15(7-18)9-19(23,8-14)12-18/h1-4,14-15,23H,5-12H2,(H,20,22). The van der Waals surface area contributed by atoms with Gasteiger partial charge in [0.05, 0.1) is 10.5 Å². The van der Waals surface area contributed by atoms with E-state index in [0.29, 0.717) is 24.8 Å². The van der Waals surface area contributed by atoms with Crippen molar-refractivity contribution in [1.82, 2.24) is 5.32 Å². The Hall–Kier alpha value is -1.95. The summed E-state index contributed by atoms with van der Waals surface area (Å²) in [5, 5.41) is 24.4. The number of nitrogens with zero attached hydrogens (tertiary/aromatic N) is 1. The molecule has 2 N–H and O–H groups in total. The van der Waals surface area contributed by atoms with Gasteiger partial charge in [-0.05, 0) is 61.3 Å². The number of carbonyl (C=O) groups excluding carboxylic acids is 1. The molecule has 6 heteroatoms. The normalized spacial score (nSPS) is 35.6. The van der Waals surface area contributed by atoms with Crippen molar-refractivity contribution in [2.24, 2.45) is 17.3 Å². The van der Waals surface area contributed by atoms with Crippen molar-refractivity contribution in [2.75, 3.05) is 0 Å². The van der Waals surface area contributed by atoms with Crippen LogP contribution in [0.5, 0.6) is 0 Å². The Morgan fingerprint density at radius 1 is 1.20 bits per heavy atom. The lowest BCUT2D eigenvalue weighted by Crippen LogP contribution is -2.56. The van der Waals surface area contributed by atoms with Crippen molar-refractivity contribution in [1.29, 1.82) is 0 Å². The minimum atomic E-state index is -0.539. The van der Waals surface area contributed by atoms with Crippen molar-refractivity contribution < 1.29 is 14.8 Å². The predicted octanol–water partition coefficient (Wildman–Crippen LogP) is 2.93. The van der Waals surface area contributed by atoms with Crippen LogP contribution in [0.15, 0.2) is 24.3 Å². The largest absolute Gasteiger partial charge is 0.390 e. The second-order valence-electron chi connectivity index (χ2n) is 8.56. The highest BCUT2D eigenvalue weighted by Crippen LogP contribution is 2.62. The van der Waals surface area contributed by atoms with E-state index in [4.69, 9.17) is 0 Å². The average molecular weight is 344 g/mol. The molecule has 0 heterocycles. The first-order valence-electron chi connectivity index (χ1n) is 9.07. The molecule has 1 amide bonds. The molecular formula is C19H24N2O4. The Morgan fingerprint density at radius 2 is 1.84 bits per heavy atom. The van der Waals surface area contributed by atoms with Crippen LogP contribution in [-0.4, -0.2) is 21.5 Å². The summed E-state index contributed by atoms with van der Waals surface area (Å²) in [6.07, 6.45) is 6.42. The van der Waals surface area contributed by atoms with Crippen LogP contribution in [0.25, 0.3) is 0 Å². The lowest BCUT2D eigenvalue weighted by molar-refractivity contribution is -0.384. The molecule has 4 bridgehead atoms. The van der Waals surface area contributed by atoms with E-state index in [1.165, 1.54) is 18.6 Å². The van der Waals surface area contributed by atoms with E-state index in [2.05, 4.69) is 5.32 Å². The minimum Gasteiger partial charge on any atom is -0.390 e. The van der Waals surface area contributed by atoms with Gasteiger partial charge in [-0.25, -0.2) is 0 Å². The molecular weight excluding hydrogens is 320 g/mol. The predicted molar refractivity (Wildman–Crippen MR) is 91.6 cm³/mol. The molecule has 134 valence electrons. The van der Waals surface area contributed by atoms with Crippen molar-refractivity contribution >= 4 is 11.6 Å². The first-order chi connectivity index (χ1) is 11.8. The number of aliphatic hydroxyl groups is 1. The fraction of sp³-hybridized carbons (Fsp3) is 0.632. The minimum absolute atomic E-state index is 0.0175. The first-order valence-corrected chi connectivity index (χ1v) is 9.07. The van der Waals surface area contributed by atoms with Gasteiger partial charge in [0.15, 0.2) is 0 Å². The molecule has 0 aromatic heterocycles. The number of amides is 1. The molecule has 0 spiro atoms. The van der Waals surface area contributed by atoms with Gasteiger partial charge in [-0.2, -0.15) is 0 Å². The molecule has 25 heavy (non-hydrogen) atoms. The zero-order valence-electron chi connectivity index (χ0n) is 14.2. The second kappa shape index (κ2) is 5.80. The number of hydrogen-bond acceptors (Lipinski definition) is 4. The molecule has 2 atom stereocenters. The van der Waals surface area contributed by atoms with Gasteiger partial charge in [-0.15, -0.1) is 0 Å². The maximum atomic E-state index is 12.5. The summed E-state index contributed by atoms with van der Waals surface area (Å²) in [7, 11) is 0. The van der Waals surface area contributed by atoms with E-state index >= 15 is 0 Å². The molecule has 4 fully saturated rings. The van der Waals surface area contributed by atoms with Crippen LogP contribution in [0.4, 0.5) is 5.69 Å². The Labute approximate surface area is 146 Å². The van der Waals surface area contributed by atoms with Crippen molar-refractivity contribution in [2.45, 2.75) is 57.1 Å². The van der Waals surface area contributed by atoms with Gasteiger partial charge in [-0.1, -0.05) is 12.1 Å². The molecule has 6 nitrogen and oxygen atoms in total. The van der Waals surface area contributed by atoms with Crippen LogP contribution in [0.1, 0.15) is 50.5 Å². The lowest BCUT2D eigenvalue weighted by Gasteiger charge is -2.60. The molecule has 0 aliphatic heterocycles. The summed E-state index contributed by atoms with van der Waals surface area (Å²) in [5.74, 6) is 1.17. The third-order valence-electron chi connectivity index (χ3n) is 6.32. The number of hydrogen-bond donors (Lipinski definition) is 2. The monoisotopic (exact) mass is 344 g/mol. The highest BCUT2D eigenvalue weighted by molar-refractivity contribution is 5.76. The Kier molecular flexibility index (Phi) is 3.83. The fourth-order valence-electron chi connectivity index (χ4n) is 5.95. The van der Waals surface area contributed by atoms with Crippen LogP contribution in [-0.2, 0) is 11.3 Å². The molecule has 0 radical (unpaired) electrons. The summed E-state index contributed by atoms with van der Waals surface area (Å²) in [6, 6.07) is 6.25. The van der Waals surface area contributed by atoms with Crippen LogP contribution < -0.4 is 5.32 Å². The van der Waals surface area contributed by atoms with Gasteiger partial charge in [0, 0.05) is 25.1 Å². The lowest BCUT2D eigenvalue weighted by atomic mass is 9.47. The molecule has 1 aromatic rings. The summed E-state index contributed by atoms with van der Waals surface area (Å²) in [4.78, 5) is 22.7. The number of carbonyl (C=O) groups is 1. The smallest absolute Gasteiger partial charge is 0.269 e. The van der Waals surface area contributed by atoms with Gasteiger partial charge in [0.2, 0.25) is 5.91 Å². The van der Waals surface area contributed by atoms with Crippen LogP contribution in [0.3, 0.4) is 0 Å². The van der Waals surface area contributed by atoms with Crippen LogP contribution >= 0.6 is 0 Å². The van der Waals surface area contributed by atoms with Gasteiger partial charge < -0.3 is 10.4 Å². The number of nitro benzene ring substituents is 1. The zero-order chi connectivity index (χ0) is 17.7. The van der Waals surface area contributed by atoms with E-state index in [9.17, 15) is 20.0 Å². The molecule has 4 saturated carbocycles. The van der Waals surface area contributed by atoms with Gasteiger partial charge in [0.1, 0.15) is 0 Å². The summed E-state index contributed by atoms with van der Waals surface area (Å²) < 4.78 is 0. The molecule has 4 aliphatic rings. The summed E-state index contributed by atoms with van der Waals surface area (Å²) in [6.45, 7) is 0.379. The van der Waals surface area contributed by atoms with Crippen LogP contribution in [0, 0.1) is 27.4 Å². The molecule has 2 unspecified atom stereocenters.